The minimum absolute atomic E-state index is 0.0156. The molecule has 3 heterocycles. The number of urea groups is 1. The molecular weight excluding hydrogens is 831 g/mol. The molecule has 5 fully saturated rings. The molecule has 64 heavy (non-hydrogen) atoms. The predicted molar refractivity (Wildman–Crippen MR) is 227 cm³/mol. The molecule has 18 nitrogen and oxygen atoms in total. The molecule has 1 aromatic carbocycles. The van der Waals surface area contributed by atoms with E-state index >= 15 is 0 Å². The van der Waals surface area contributed by atoms with Gasteiger partial charge in [-0.05, 0) is 94.4 Å². The lowest BCUT2D eigenvalue weighted by Gasteiger charge is -2.41. The zero-order valence-corrected chi connectivity index (χ0v) is 37.1. The van der Waals surface area contributed by atoms with Crippen LogP contribution < -0.4 is 5.32 Å². The molecule has 342 valence electrons. The smallest absolute Gasteiger partial charge is 0.346 e. The number of rotatable bonds is 15. The Labute approximate surface area is 370 Å². The topological polar surface area (TPSA) is 221 Å². The van der Waals surface area contributed by atoms with E-state index in [9.17, 15) is 43.7 Å². The van der Waals surface area contributed by atoms with Crippen molar-refractivity contribution in [2.45, 2.75) is 65.5 Å². The van der Waals surface area contributed by atoms with Crippen LogP contribution in [-0.2, 0) is 47.8 Å². The lowest BCUT2D eigenvalue weighted by atomic mass is 9.66. The number of carbonyl (C=O) groups is 7. The van der Waals surface area contributed by atoms with Gasteiger partial charge in [0.15, 0.2) is 0 Å². The molecule has 2 saturated carbocycles. The summed E-state index contributed by atoms with van der Waals surface area (Å²) < 4.78 is 15.9. The van der Waals surface area contributed by atoms with Crippen molar-refractivity contribution >= 4 is 53.0 Å². The number of ether oxygens (including phenoxy) is 3. The molecule has 0 aromatic heterocycles. The number of allylic oxidation sites excluding steroid dienone is 5. The Hall–Kier alpha value is -6.01. The molecule has 1 N–H and O–H groups in total. The number of likely N-dealkylation sites (tertiary alicyclic amines) is 2. The predicted octanol–water partition coefficient (Wildman–Crippen LogP) is 4.77. The Morgan fingerprint density at radius 3 is 1.81 bits per heavy atom. The van der Waals surface area contributed by atoms with Gasteiger partial charge in [0.1, 0.15) is 37.4 Å². The number of anilines is 1. The van der Waals surface area contributed by atoms with Crippen LogP contribution >= 0.6 is 0 Å². The number of nitro groups is 1. The quantitative estimate of drug-likeness (QED) is 0.0627. The van der Waals surface area contributed by atoms with Gasteiger partial charge in [0.25, 0.3) is 5.69 Å². The summed E-state index contributed by atoms with van der Waals surface area (Å²) >= 11 is 0. The number of benzene rings is 1. The van der Waals surface area contributed by atoms with Gasteiger partial charge in [-0.15, -0.1) is 6.58 Å². The van der Waals surface area contributed by atoms with Crippen molar-refractivity contribution in [2.24, 2.45) is 52.8 Å². The second kappa shape index (κ2) is 17.2. The molecule has 7 rings (SSSR count). The standard InChI is InChI=1S/C46H55N5O13/c1-9-11-28-21-30(13-12-29-20-27(10-2)35-37(29)41(56)48(39(35)54)22-33(52)62-19-18-61-8)38-36(28)40(55)49(42(38)57)23-34(53)63-24-44(5)45(6)25(3)26(4)46(44,7)64-50(45)43(58)47-31-14-16-32(17-15-31)51(59)60/h9-17,27-30,35-38H,2,18-24H2,1,3-8H3,(H,47,58)/b11-9+,13-12+. The number of fused-ring (bicyclic) bond motifs is 4. The zero-order valence-electron chi connectivity index (χ0n) is 37.1. The van der Waals surface area contributed by atoms with Crippen LogP contribution in [0.3, 0.4) is 0 Å². The lowest BCUT2D eigenvalue weighted by Crippen LogP contribution is -2.56. The van der Waals surface area contributed by atoms with Crippen LogP contribution in [0, 0.1) is 62.9 Å². The highest BCUT2D eigenvalue weighted by Gasteiger charge is 2.75. The van der Waals surface area contributed by atoms with E-state index in [0.717, 1.165) is 20.9 Å². The van der Waals surface area contributed by atoms with Gasteiger partial charge in [-0.1, -0.05) is 37.3 Å². The molecule has 3 aliphatic carbocycles. The lowest BCUT2D eigenvalue weighted by molar-refractivity contribution is -0.384. The Morgan fingerprint density at radius 2 is 1.31 bits per heavy atom. The fourth-order valence-corrected chi connectivity index (χ4v) is 11.3. The van der Waals surface area contributed by atoms with Crippen LogP contribution in [0.1, 0.15) is 54.4 Å². The Balaban J connectivity index is 1.03. The number of nitrogens with one attached hydrogen (secondary N) is 1. The summed E-state index contributed by atoms with van der Waals surface area (Å²) in [4.78, 5) is 114. The van der Waals surface area contributed by atoms with Crippen molar-refractivity contribution in [1.29, 1.82) is 0 Å². The van der Waals surface area contributed by atoms with Gasteiger partial charge in [0.2, 0.25) is 23.6 Å². The van der Waals surface area contributed by atoms with Crippen LogP contribution in [0.2, 0.25) is 0 Å². The number of imide groups is 2. The number of carbonyl (C=O) groups excluding carboxylic acids is 7. The van der Waals surface area contributed by atoms with Gasteiger partial charge in [-0.3, -0.25) is 53.5 Å². The molecule has 6 amide bonds. The van der Waals surface area contributed by atoms with Gasteiger partial charge in [0, 0.05) is 24.9 Å². The fourth-order valence-electron chi connectivity index (χ4n) is 11.3. The maximum absolute atomic E-state index is 14.2. The number of hydrogen-bond acceptors (Lipinski definition) is 13. The van der Waals surface area contributed by atoms with Crippen molar-refractivity contribution in [3.05, 3.63) is 82.5 Å². The fraction of sp³-hybridized carbons (Fsp3) is 0.543. The Kier molecular flexibility index (Phi) is 12.3. The SMILES string of the molecule is C=CC1CC(/C=C/C2CC(/C=C/C)C3C(=O)N(CC(=O)OCC4(C)C5(C)ON(C(=O)Nc6ccc([N+](=O)[O-])cc6)C4(C)C(C)=C5C)C(=O)C23)C2C(=O)N(CC(=O)OCCOC)C(=O)C12. The first-order valence-corrected chi connectivity index (χ1v) is 21.5. The number of methoxy groups -OCH3 is 1. The third-order valence-corrected chi connectivity index (χ3v) is 15.2. The van der Waals surface area contributed by atoms with E-state index in [1.807, 2.05) is 52.0 Å². The molecule has 6 aliphatic rings. The highest BCUT2D eigenvalue weighted by atomic mass is 16.7. The third-order valence-electron chi connectivity index (χ3n) is 15.2. The largest absolute Gasteiger partial charge is 0.464 e. The van der Waals surface area contributed by atoms with Gasteiger partial charge < -0.3 is 19.5 Å². The molecule has 3 saturated heterocycles. The van der Waals surface area contributed by atoms with Crippen molar-refractivity contribution in [3.8, 4) is 0 Å². The number of hydroxylamine groups is 2. The van der Waals surface area contributed by atoms with Gasteiger partial charge in [0.05, 0.1) is 40.6 Å². The van der Waals surface area contributed by atoms with Crippen molar-refractivity contribution in [2.75, 3.05) is 45.3 Å². The molecule has 11 atom stereocenters. The van der Waals surface area contributed by atoms with Gasteiger partial charge >= 0.3 is 18.0 Å². The highest BCUT2D eigenvalue weighted by molar-refractivity contribution is 6.09. The van der Waals surface area contributed by atoms with Gasteiger partial charge in [-0.25, -0.2) is 4.79 Å². The summed E-state index contributed by atoms with van der Waals surface area (Å²) in [6.45, 7) is 13.7. The maximum atomic E-state index is 14.2. The second-order valence-electron chi connectivity index (χ2n) is 18.1. The van der Waals surface area contributed by atoms with Gasteiger partial charge in [-0.2, -0.15) is 5.06 Å². The Bertz CT molecular complexity index is 2270. The first-order chi connectivity index (χ1) is 30.3. The average Bonchev–Trinajstić information content (AvgIpc) is 4.01. The summed E-state index contributed by atoms with van der Waals surface area (Å²) in [5, 5.41) is 15.1. The summed E-state index contributed by atoms with van der Waals surface area (Å²) in [5.41, 5.74) is -1.48. The Morgan fingerprint density at radius 1 is 0.812 bits per heavy atom. The van der Waals surface area contributed by atoms with Crippen LogP contribution in [0.15, 0.2) is 72.4 Å². The normalized spacial score (nSPS) is 34.1. The molecule has 18 heteroatoms. The summed E-state index contributed by atoms with van der Waals surface area (Å²) in [6, 6.07) is 4.71. The monoisotopic (exact) mass is 885 g/mol. The van der Waals surface area contributed by atoms with Crippen LogP contribution in [0.5, 0.6) is 0 Å². The van der Waals surface area contributed by atoms with E-state index in [2.05, 4.69) is 11.9 Å². The number of nitro benzene ring substituents is 1. The number of non-ortho nitro benzene ring substituents is 1. The van der Waals surface area contributed by atoms with E-state index in [4.69, 9.17) is 19.0 Å². The van der Waals surface area contributed by atoms with Crippen molar-refractivity contribution in [1.82, 2.24) is 14.9 Å². The van der Waals surface area contributed by atoms with Crippen molar-refractivity contribution < 1.29 is 57.5 Å². The zero-order chi connectivity index (χ0) is 46.6. The van der Waals surface area contributed by atoms with Crippen LogP contribution in [0.4, 0.5) is 16.2 Å². The molecule has 1 aromatic rings. The highest BCUT2D eigenvalue weighted by Crippen LogP contribution is 2.65. The van der Waals surface area contributed by atoms with E-state index < -0.39 is 112 Å². The van der Waals surface area contributed by atoms with E-state index in [-0.39, 0.29) is 37.3 Å². The van der Waals surface area contributed by atoms with E-state index in [0.29, 0.717) is 18.5 Å². The first kappa shape index (κ1) is 46.0. The molecule has 2 bridgehead atoms. The summed E-state index contributed by atoms with van der Waals surface area (Å²) in [7, 11) is 1.46. The molecule has 0 spiro atoms. The molecular formula is C46H55N5O13. The third kappa shape index (κ3) is 7.14. The molecule has 3 aliphatic heterocycles. The number of esters is 2. The van der Waals surface area contributed by atoms with E-state index in [1.165, 1.54) is 36.4 Å². The minimum atomic E-state index is -1.14. The minimum Gasteiger partial charge on any atom is -0.464 e. The summed E-state index contributed by atoms with van der Waals surface area (Å²) in [6.07, 6.45) is 10.0. The second-order valence-corrected chi connectivity index (χ2v) is 18.1. The van der Waals surface area contributed by atoms with Crippen molar-refractivity contribution in [3.63, 3.8) is 0 Å². The molecule has 0 radical (unpaired) electrons. The number of amides is 6. The van der Waals surface area contributed by atoms with E-state index in [1.54, 1.807) is 19.9 Å². The first-order valence-electron chi connectivity index (χ1n) is 21.5. The number of nitrogens with zero attached hydrogens (tertiary/aromatic N) is 4. The van der Waals surface area contributed by atoms with Crippen LogP contribution in [0.25, 0.3) is 0 Å². The molecule has 11 unspecified atom stereocenters. The summed E-state index contributed by atoms with van der Waals surface area (Å²) in [5.74, 6) is -7.86. The average molecular weight is 886 g/mol. The number of hydrogen-bond donors (Lipinski definition) is 1. The van der Waals surface area contributed by atoms with Crippen LogP contribution in [-0.4, -0.2) is 113 Å². The maximum Gasteiger partial charge on any atom is 0.346 e.